The topological polar surface area (TPSA) is 32.3 Å². The van der Waals surface area contributed by atoms with E-state index in [1.807, 2.05) is 0 Å². The largest absolute Gasteiger partial charge is 0.416 e. The van der Waals surface area contributed by atoms with Crippen LogP contribution in [0.5, 0.6) is 0 Å². The summed E-state index contributed by atoms with van der Waals surface area (Å²) in [5.74, 6) is 0. The number of benzene rings is 1. The van der Waals surface area contributed by atoms with Gasteiger partial charge in [-0.15, -0.1) is 0 Å². The lowest BCUT2D eigenvalue weighted by Gasteiger charge is -2.30. The molecule has 1 aliphatic rings. The van der Waals surface area contributed by atoms with E-state index in [2.05, 4.69) is 5.32 Å². The van der Waals surface area contributed by atoms with Crippen LogP contribution in [0.3, 0.4) is 0 Å². The summed E-state index contributed by atoms with van der Waals surface area (Å²) in [4.78, 5) is 0. The van der Waals surface area contributed by atoms with Crippen molar-refractivity contribution in [2.45, 2.75) is 50.9 Å². The predicted octanol–water partition coefficient (Wildman–Crippen LogP) is 3.73. The summed E-state index contributed by atoms with van der Waals surface area (Å²) < 4.78 is 38.0. The number of rotatable bonds is 2. The van der Waals surface area contributed by atoms with E-state index in [1.54, 1.807) is 6.92 Å². The van der Waals surface area contributed by atoms with Gasteiger partial charge in [-0.1, -0.05) is 18.9 Å². The normalized spacial score (nSPS) is 24.3. The first-order valence-electron chi connectivity index (χ1n) is 6.50. The minimum absolute atomic E-state index is 0.157. The lowest BCUT2D eigenvalue weighted by atomic mass is 9.92. The van der Waals surface area contributed by atoms with Crippen LogP contribution in [0.25, 0.3) is 0 Å². The minimum atomic E-state index is -4.34. The fourth-order valence-corrected chi connectivity index (χ4v) is 2.43. The molecule has 0 aromatic heterocycles. The lowest BCUT2D eigenvalue weighted by Crippen LogP contribution is -2.36. The van der Waals surface area contributed by atoms with E-state index >= 15 is 0 Å². The number of alkyl halides is 3. The molecule has 2 nitrogen and oxygen atoms in total. The molecule has 2 atom stereocenters. The molecule has 0 bridgehead atoms. The van der Waals surface area contributed by atoms with Crippen LogP contribution in [0, 0.1) is 6.92 Å². The Balaban J connectivity index is 2.19. The third-order valence-corrected chi connectivity index (χ3v) is 3.64. The van der Waals surface area contributed by atoms with E-state index < -0.39 is 17.8 Å². The molecule has 2 N–H and O–H groups in total. The first-order chi connectivity index (χ1) is 8.88. The van der Waals surface area contributed by atoms with E-state index in [-0.39, 0.29) is 6.04 Å². The molecule has 0 spiro atoms. The second kappa shape index (κ2) is 5.41. The smallest absolute Gasteiger partial charge is 0.391 e. The fourth-order valence-electron chi connectivity index (χ4n) is 2.43. The van der Waals surface area contributed by atoms with Crippen molar-refractivity contribution in [3.05, 3.63) is 29.3 Å². The van der Waals surface area contributed by atoms with E-state index in [9.17, 15) is 18.3 Å². The van der Waals surface area contributed by atoms with Crippen LogP contribution in [0.2, 0.25) is 0 Å². The zero-order valence-corrected chi connectivity index (χ0v) is 10.8. The zero-order chi connectivity index (χ0) is 14.0. The Morgan fingerprint density at radius 2 is 1.89 bits per heavy atom. The van der Waals surface area contributed by atoms with Gasteiger partial charge in [0.25, 0.3) is 0 Å². The van der Waals surface area contributed by atoms with Gasteiger partial charge < -0.3 is 10.4 Å². The highest BCUT2D eigenvalue weighted by molar-refractivity contribution is 5.54. The fraction of sp³-hybridized carbons (Fsp3) is 0.571. The Morgan fingerprint density at radius 3 is 2.53 bits per heavy atom. The molecule has 0 radical (unpaired) electrons. The van der Waals surface area contributed by atoms with Gasteiger partial charge in [0, 0.05) is 5.69 Å². The third-order valence-electron chi connectivity index (χ3n) is 3.64. The Hall–Kier alpha value is -1.23. The Kier molecular flexibility index (Phi) is 4.04. The van der Waals surface area contributed by atoms with Gasteiger partial charge in [0.1, 0.15) is 0 Å². The number of hydrogen-bond acceptors (Lipinski definition) is 2. The Bertz CT molecular complexity index is 445. The number of aliphatic hydroxyl groups is 1. The molecule has 0 aliphatic heterocycles. The van der Waals surface area contributed by atoms with Crippen LogP contribution < -0.4 is 5.32 Å². The van der Waals surface area contributed by atoms with Gasteiger partial charge in [-0.3, -0.25) is 0 Å². The molecular formula is C14H18F3NO. The van der Waals surface area contributed by atoms with Gasteiger partial charge >= 0.3 is 6.18 Å². The van der Waals surface area contributed by atoms with Gasteiger partial charge in [0.2, 0.25) is 0 Å². The standard InChI is InChI=1S/C14H18F3NO/c1-9-6-7-10(14(15,16)17)8-12(9)18-11-4-2-3-5-13(11)19/h6-8,11,13,18-19H,2-5H2,1H3. The monoisotopic (exact) mass is 273 g/mol. The van der Waals surface area contributed by atoms with Crippen molar-refractivity contribution in [2.75, 3.05) is 5.32 Å². The van der Waals surface area contributed by atoms with Gasteiger partial charge in [-0.2, -0.15) is 13.2 Å². The molecule has 2 unspecified atom stereocenters. The van der Waals surface area contributed by atoms with E-state index in [0.717, 1.165) is 37.0 Å². The molecule has 0 amide bonds. The maximum Gasteiger partial charge on any atom is 0.416 e. The maximum atomic E-state index is 12.7. The molecule has 0 saturated heterocycles. The van der Waals surface area contributed by atoms with Crippen LogP contribution >= 0.6 is 0 Å². The molecule has 0 heterocycles. The summed E-state index contributed by atoms with van der Waals surface area (Å²) >= 11 is 0. The van der Waals surface area contributed by atoms with Crippen LogP contribution in [0.15, 0.2) is 18.2 Å². The number of anilines is 1. The van der Waals surface area contributed by atoms with Crippen molar-refractivity contribution in [1.82, 2.24) is 0 Å². The number of halogens is 3. The van der Waals surface area contributed by atoms with Gasteiger partial charge in [0.15, 0.2) is 0 Å². The number of aliphatic hydroxyl groups excluding tert-OH is 1. The summed E-state index contributed by atoms with van der Waals surface area (Å²) in [6.45, 7) is 1.76. The summed E-state index contributed by atoms with van der Waals surface area (Å²) in [7, 11) is 0. The highest BCUT2D eigenvalue weighted by Gasteiger charge is 2.31. The molecule has 1 saturated carbocycles. The SMILES string of the molecule is Cc1ccc(C(F)(F)F)cc1NC1CCCCC1O. The number of aryl methyl sites for hydroxylation is 1. The van der Waals surface area contributed by atoms with Crippen LogP contribution in [0.4, 0.5) is 18.9 Å². The van der Waals surface area contributed by atoms with E-state index in [1.165, 1.54) is 6.07 Å². The summed E-state index contributed by atoms with van der Waals surface area (Å²) in [5.41, 5.74) is 0.553. The van der Waals surface area contributed by atoms with Crippen molar-refractivity contribution >= 4 is 5.69 Å². The third kappa shape index (κ3) is 3.41. The average Bonchev–Trinajstić information content (AvgIpc) is 2.33. The Labute approximate surface area is 110 Å². The molecule has 1 aromatic rings. The lowest BCUT2D eigenvalue weighted by molar-refractivity contribution is -0.137. The van der Waals surface area contributed by atoms with Crippen molar-refractivity contribution in [3.8, 4) is 0 Å². The van der Waals surface area contributed by atoms with Crippen LogP contribution in [0.1, 0.15) is 36.8 Å². The minimum Gasteiger partial charge on any atom is -0.391 e. The molecule has 1 aromatic carbocycles. The number of nitrogens with one attached hydrogen (secondary N) is 1. The van der Waals surface area contributed by atoms with Crippen LogP contribution in [-0.4, -0.2) is 17.3 Å². The Morgan fingerprint density at radius 1 is 1.21 bits per heavy atom. The van der Waals surface area contributed by atoms with Gasteiger partial charge in [0.05, 0.1) is 17.7 Å². The van der Waals surface area contributed by atoms with E-state index in [0.29, 0.717) is 12.1 Å². The molecule has 19 heavy (non-hydrogen) atoms. The molecule has 5 heteroatoms. The predicted molar refractivity (Wildman–Crippen MR) is 68.1 cm³/mol. The second-order valence-corrected chi connectivity index (χ2v) is 5.13. The van der Waals surface area contributed by atoms with Crippen LogP contribution in [-0.2, 0) is 6.18 Å². The summed E-state index contributed by atoms with van der Waals surface area (Å²) in [5, 5.41) is 12.9. The van der Waals surface area contributed by atoms with Crippen molar-refractivity contribution in [2.24, 2.45) is 0 Å². The van der Waals surface area contributed by atoms with Crippen molar-refractivity contribution in [1.29, 1.82) is 0 Å². The van der Waals surface area contributed by atoms with E-state index in [4.69, 9.17) is 0 Å². The summed E-state index contributed by atoms with van der Waals surface area (Å²) in [6, 6.07) is 3.51. The average molecular weight is 273 g/mol. The highest BCUT2D eigenvalue weighted by Crippen LogP contribution is 2.33. The molecule has 1 fully saturated rings. The first-order valence-corrected chi connectivity index (χ1v) is 6.50. The summed E-state index contributed by atoms with van der Waals surface area (Å²) in [6.07, 6.45) is -1.36. The second-order valence-electron chi connectivity index (χ2n) is 5.13. The van der Waals surface area contributed by atoms with Crippen molar-refractivity contribution in [3.63, 3.8) is 0 Å². The molecular weight excluding hydrogens is 255 g/mol. The zero-order valence-electron chi connectivity index (χ0n) is 10.8. The van der Waals surface area contributed by atoms with Gasteiger partial charge in [-0.25, -0.2) is 0 Å². The van der Waals surface area contributed by atoms with Crippen molar-refractivity contribution < 1.29 is 18.3 Å². The number of hydrogen-bond donors (Lipinski definition) is 2. The molecule has 2 rings (SSSR count). The molecule has 106 valence electrons. The van der Waals surface area contributed by atoms with Gasteiger partial charge in [-0.05, 0) is 37.5 Å². The quantitative estimate of drug-likeness (QED) is 0.860. The first kappa shape index (κ1) is 14.2. The molecule has 1 aliphatic carbocycles. The maximum absolute atomic E-state index is 12.7. The highest BCUT2D eigenvalue weighted by atomic mass is 19.4.